The summed E-state index contributed by atoms with van der Waals surface area (Å²) in [6, 6.07) is 4.88. The summed E-state index contributed by atoms with van der Waals surface area (Å²) in [5.74, 6) is -4.57. The van der Waals surface area contributed by atoms with Crippen LogP contribution >= 0.6 is 0 Å². The molecule has 0 spiro atoms. The van der Waals surface area contributed by atoms with Crippen molar-refractivity contribution in [2.24, 2.45) is 23.3 Å². The van der Waals surface area contributed by atoms with E-state index in [9.17, 15) is 29.1 Å². The molecule has 200 valence electrons. The summed E-state index contributed by atoms with van der Waals surface area (Å²) in [6.07, 6.45) is 0.474. The number of carbonyl (C=O) groups is 5. The number of carboxylic acid groups (broad SMARTS) is 1. The molecular formula is C25H39N5O6. The van der Waals surface area contributed by atoms with Crippen molar-refractivity contribution in [2.75, 3.05) is 0 Å². The first-order chi connectivity index (χ1) is 16.9. The molecule has 8 N–H and O–H groups in total. The van der Waals surface area contributed by atoms with Gasteiger partial charge in [0.25, 0.3) is 0 Å². The fraction of sp³-hybridized carbons (Fsp3) is 0.560. The van der Waals surface area contributed by atoms with Crippen molar-refractivity contribution in [3.63, 3.8) is 0 Å². The third-order valence-corrected chi connectivity index (χ3v) is 5.97. The fourth-order valence-electron chi connectivity index (χ4n) is 3.51. The second-order valence-corrected chi connectivity index (χ2v) is 9.30. The lowest BCUT2D eigenvalue weighted by atomic mass is 9.96. The minimum absolute atomic E-state index is 0.133. The molecule has 0 radical (unpaired) electrons. The average Bonchev–Trinajstić information content (AvgIpc) is 2.82. The molecule has 5 unspecified atom stereocenters. The molecule has 1 aromatic rings. The Kier molecular flexibility index (Phi) is 12.6. The number of carboxylic acids is 1. The number of rotatable bonds is 15. The van der Waals surface area contributed by atoms with E-state index in [1.165, 1.54) is 0 Å². The summed E-state index contributed by atoms with van der Waals surface area (Å²) in [4.78, 5) is 61.7. The van der Waals surface area contributed by atoms with Gasteiger partial charge in [-0.15, -0.1) is 0 Å². The van der Waals surface area contributed by atoms with E-state index in [0.29, 0.717) is 6.42 Å². The number of carbonyl (C=O) groups excluding carboxylic acids is 4. The molecule has 5 atom stereocenters. The summed E-state index contributed by atoms with van der Waals surface area (Å²) in [6.45, 7) is 6.87. The zero-order valence-electron chi connectivity index (χ0n) is 21.3. The number of nitrogens with two attached hydrogens (primary N) is 2. The zero-order chi connectivity index (χ0) is 27.4. The summed E-state index contributed by atoms with van der Waals surface area (Å²) in [7, 11) is 0. The Morgan fingerprint density at radius 1 is 0.889 bits per heavy atom. The van der Waals surface area contributed by atoms with E-state index in [2.05, 4.69) is 16.0 Å². The third kappa shape index (κ3) is 10.0. The molecular weight excluding hydrogens is 466 g/mol. The maximum absolute atomic E-state index is 13.2. The van der Waals surface area contributed by atoms with Gasteiger partial charge in [0, 0.05) is 6.42 Å². The third-order valence-electron chi connectivity index (χ3n) is 5.97. The van der Waals surface area contributed by atoms with E-state index in [1.807, 2.05) is 37.3 Å². The van der Waals surface area contributed by atoms with E-state index in [1.54, 1.807) is 20.8 Å². The van der Waals surface area contributed by atoms with Gasteiger partial charge in [-0.25, -0.2) is 4.79 Å². The first-order valence-electron chi connectivity index (χ1n) is 12.1. The Hall–Kier alpha value is -3.47. The van der Waals surface area contributed by atoms with Crippen LogP contribution in [0.4, 0.5) is 0 Å². The SMILES string of the molecule is CCC(C)C(NC(=O)C(N)Cc1ccccc1)C(=O)NC(CCC(N)=O)C(=O)NC(C(=O)O)C(C)C. The van der Waals surface area contributed by atoms with Crippen molar-refractivity contribution in [1.29, 1.82) is 0 Å². The fourth-order valence-corrected chi connectivity index (χ4v) is 3.51. The van der Waals surface area contributed by atoms with Crippen LogP contribution in [0.15, 0.2) is 30.3 Å². The van der Waals surface area contributed by atoms with Gasteiger partial charge in [0.2, 0.25) is 23.6 Å². The molecule has 36 heavy (non-hydrogen) atoms. The first kappa shape index (κ1) is 30.6. The molecule has 0 bridgehead atoms. The molecule has 0 saturated carbocycles. The largest absolute Gasteiger partial charge is 0.480 e. The molecule has 11 heteroatoms. The van der Waals surface area contributed by atoms with Crippen molar-refractivity contribution < 1.29 is 29.1 Å². The van der Waals surface area contributed by atoms with Crippen LogP contribution in [0.2, 0.25) is 0 Å². The van der Waals surface area contributed by atoms with Crippen LogP contribution in [-0.2, 0) is 30.4 Å². The summed E-state index contributed by atoms with van der Waals surface area (Å²) < 4.78 is 0. The van der Waals surface area contributed by atoms with E-state index < -0.39 is 59.7 Å². The molecule has 1 rings (SSSR count). The van der Waals surface area contributed by atoms with Gasteiger partial charge in [-0.2, -0.15) is 0 Å². The number of hydrogen-bond donors (Lipinski definition) is 6. The Labute approximate surface area is 211 Å². The smallest absolute Gasteiger partial charge is 0.326 e. The number of nitrogens with one attached hydrogen (secondary N) is 3. The zero-order valence-corrected chi connectivity index (χ0v) is 21.3. The lowest BCUT2D eigenvalue weighted by Crippen LogP contribution is -2.59. The van der Waals surface area contributed by atoms with Crippen molar-refractivity contribution in [3.05, 3.63) is 35.9 Å². The van der Waals surface area contributed by atoms with Gasteiger partial charge in [0.1, 0.15) is 18.1 Å². The summed E-state index contributed by atoms with van der Waals surface area (Å²) >= 11 is 0. The second kappa shape index (κ2) is 14.8. The standard InChI is InChI=1S/C25H39N5O6/c1-5-15(4)21(30-22(32)17(26)13-16-9-7-6-8-10-16)24(34)28-18(11-12-19(27)31)23(33)29-20(14(2)3)25(35)36/h6-10,14-15,17-18,20-21H,5,11-13,26H2,1-4H3,(H2,27,31)(H,28,34)(H,29,33)(H,30,32)(H,35,36). The predicted octanol–water partition coefficient (Wildman–Crippen LogP) is 0.0630. The number of amides is 4. The number of primary amides is 1. The van der Waals surface area contributed by atoms with Crippen LogP contribution in [0.3, 0.4) is 0 Å². The quantitative estimate of drug-likeness (QED) is 0.194. The average molecular weight is 506 g/mol. The van der Waals surface area contributed by atoms with Crippen molar-refractivity contribution in [1.82, 2.24) is 16.0 Å². The van der Waals surface area contributed by atoms with Crippen LogP contribution in [0.5, 0.6) is 0 Å². The Morgan fingerprint density at radius 2 is 1.47 bits per heavy atom. The molecule has 0 saturated heterocycles. The van der Waals surface area contributed by atoms with Crippen molar-refractivity contribution in [3.8, 4) is 0 Å². The molecule has 11 nitrogen and oxygen atoms in total. The van der Waals surface area contributed by atoms with Gasteiger partial charge in [-0.3, -0.25) is 19.2 Å². The molecule has 0 aliphatic carbocycles. The van der Waals surface area contributed by atoms with E-state index in [-0.39, 0.29) is 25.2 Å². The van der Waals surface area contributed by atoms with Gasteiger partial charge < -0.3 is 32.5 Å². The van der Waals surface area contributed by atoms with Gasteiger partial charge >= 0.3 is 5.97 Å². The van der Waals surface area contributed by atoms with Gasteiger partial charge in [-0.1, -0.05) is 64.4 Å². The van der Waals surface area contributed by atoms with E-state index >= 15 is 0 Å². The number of benzene rings is 1. The minimum Gasteiger partial charge on any atom is -0.480 e. The maximum Gasteiger partial charge on any atom is 0.326 e. The highest BCUT2D eigenvalue weighted by Gasteiger charge is 2.33. The normalized spacial score (nSPS) is 15.2. The Balaban J connectivity index is 3.01. The lowest BCUT2D eigenvalue weighted by Gasteiger charge is -2.28. The second-order valence-electron chi connectivity index (χ2n) is 9.30. The Morgan fingerprint density at radius 3 is 1.97 bits per heavy atom. The highest BCUT2D eigenvalue weighted by atomic mass is 16.4. The maximum atomic E-state index is 13.2. The van der Waals surface area contributed by atoms with E-state index in [0.717, 1.165) is 5.56 Å². The molecule has 0 aliphatic rings. The first-order valence-corrected chi connectivity index (χ1v) is 12.1. The van der Waals surface area contributed by atoms with Crippen molar-refractivity contribution >= 4 is 29.6 Å². The molecule has 0 aromatic heterocycles. The van der Waals surface area contributed by atoms with Crippen LogP contribution < -0.4 is 27.4 Å². The van der Waals surface area contributed by atoms with Crippen LogP contribution in [0.25, 0.3) is 0 Å². The van der Waals surface area contributed by atoms with Crippen LogP contribution in [-0.4, -0.2) is 58.9 Å². The van der Waals surface area contributed by atoms with Gasteiger partial charge in [0.15, 0.2) is 0 Å². The summed E-state index contributed by atoms with van der Waals surface area (Å²) in [5, 5.41) is 17.0. The Bertz CT molecular complexity index is 907. The number of hydrogen-bond acceptors (Lipinski definition) is 6. The summed E-state index contributed by atoms with van der Waals surface area (Å²) in [5.41, 5.74) is 12.1. The lowest BCUT2D eigenvalue weighted by molar-refractivity contribution is -0.143. The molecule has 1 aromatic carbocycles. The highest BCUT2D eigenvalue weighted by molar-refractivity contribution is 5.94. The molecule has 0 aliphatic heterocycles. The minimum atomic E-state index is -1.23. The number of aliphatic carboxylic acids is 1. The molecule has 4 amide bonds. The topological polar surface area (TPSA) is 194 Å². The predicted molar refractivity (Wildman–Crippen MR) is 134 cm³/mol. The van der Waals surface area contributed by atoms with Crippen LogP contribution in [0, 0.1) is 11.8 Å². The monoisotopic (exact) mass is 505 g/mol. The van der Waals surface area contributed by atoms with Crippen LogP contribution in [0.1, 0.15) is 52.5 Å². The van der Waals surface area contributed by atoms with E-state index in [4.69, 9.17) is 11.5 Å². The van der Waals surface area contributed by atoms with Crippen molar-refractivity contribution in [2.45, 2.75) is 77.5 Å². The van der Waals surface area contributed by atoms with Gasteiger partial charge in [-0.05, 0) is 30.2 Å². The highest BCUT2D eigenvalue weighted by Crippen LogP contribution is 2.11. The molecule has 0 fully saturated rings. The molecule has 0 heterocycles. The van der Waals surface area contributed by atoms with Gasteiger partial charge in [0.05, 0.1) is 6.04 Å².